The molecule has 0 saturated heterocycles. The SMILES string of the molecule is CC1=NN(c2cccc(S(=O)(=O)NC(=O)C(N)=O)c2)C(=O)C1. The number of nitrogens with zero attached hydrogens (tertiary/aromatic N) is 2. The molecule has 9 nitrogen and oxygen atoms in total. The summed E-state index contributed by atoms with van der Waals surface area (Å²) in [5.41, 5.74) is 5.53. The molecule has 22 heavy (non-hydrogen) atoms. The van der Waals surface area contributed by atoms with Gasteiger partial charge in [0.15, 0.2) is 0 Å². The number of carbonyl (C=O) groups excluding carboxylic acids is 3. The molecule has 1 aliphatic rings. The highest BCUT2D eigenvalue weighted by molar-refractivity contribution is 7.90. The van der Waals surface area contributed by atoms with Crippen LogP contribution in [0.25, 0.3) is 0 Å². The van der Waals surface area contributed by atoms with Crippen LogP contribution >= 0.6 is 0 Å². The lowest BCUT2D eigenvalue weighted by Gasteiger charge is -2.13. The summed E-state index contributed by atoms with van der Waals surface area (Å²) < 4.78 is 25.5. The molecule has 3 amide bonds. The second-order valence-electron chi connectivity index (χ2n) is 4.51. The summed E-state index contributed by atoms with van der Waals surface area (Å²) in [4.78, 5) is 33.2. The van der Waals surface area contributed by atoms with Gasteiger partial charge in [-0.25, -0.2) is 18.1 Å². The molecule has 0 aromatic heterocycles. The molecule has 0 radical (unpaired) electrons. The molecule has 0 atom stereocenters. The van der Waals surface area contributed by atoms with Crippen molar-refractivity contribution in [2.24, 2.45) is 10.8 Å². The molecule has 1 aliphatic heterocycles. The van der Waals surface area contributed by atoms with Gasteiger partial charge >= 0.3 is 11.8 Å². The number of nitrogens with two attached hydrogens (primary N) is 1. The molecule has 0 unspecified atom stereocenters. The third kappa shape index (κ3) is 3.11. The smallest absolute Gasteiger partial charge is 0.322 e. The quantitative estimate of drug-likeness (QED) is 0.693. The number of hydrogen-bond donors (Lipinski definition) is 2. The van der Waals surface area contributed by atoms with Gasteiger partial charge in [0.2, 0.25) is 0 Å². The maximum Gasteiger partial charge on any atom is 0.322 e. The van der Waals surface area contributed by atoms with E-state index in [9.17, 15) is 22.8 Å². The van der Waals surface area contributed by atoms with Crippen molar-refractivity contribution in [1.82, 2.24) is 4.72 Å². The molecule has 1 heterocycles. The van der Waals surface area contributed by atoms with Crippen LogP contribution in [0.1, 0.15) is 13.3 Å². The molecule has 1 aromatic rings. The Kier molecular flexibility index (Phi) is 3.95. The largest absolute Gasteiger partial charge is 0.361 e. The Balaban J connectivity index is 2.34. The van der Waals surface area contributed by atoms with Crippen molar-refractivity contribution in [3.63, 3.8) is 0 Å². The average molecular weight is 324 g/mol. The molecule has 0 spiro atoms. The normalized spacial score (nSPS) is 14.7. The molecular weight excluding hydrogens is 312 g/mol. The second kappa shape index (κ2) is 5.56. The minimum absolute atomic E-state index is 0.148. The lowest BCUT2D eigenvalue weighted by atomic mass is 10.3. The highest BCUT2D eigenvalue weighted by Gasteiger charge is 2.25. The van der Waals surface area contributed by atoms with Gasteiger partial charge in [-0.1, -0.05) is 6.07 Å². The first-order valence-electron chi connectivity index (χ1n) is 6.04. The maximum absolute atomic E-state index is 12.0. The van der Waals surface area contributed by atoms with Crippen LogP contribution in [0, 0.1) is 0 Å². The fraction of sp³-hybridized carbons (Fsp3) is 0.167. The van der Waals surface area contributed by atoms with Crippen LogP contribution in [0.5, 0.6) is 0 Å². The Hall–Kier alpha value is -2.75. The van der Waals surface area contributed by atoms with E-state index in [-0.39, 0.29) is 22.9 Å². The van der Waals surface area contributed by atoms with E-state index in [0.717, 1.165) is 11.1 Å². The summed E-state index contributed by atoms with van der Waals surface area (Å²) in [5.74, 6) is -3.17. The summed E-state index contributed by atoms with van der Waals surface area (Å²) in [7, 11) is -4.27. The Bertz CT molecular complexity index is 799. The molecule has 0 fully saturated rings. The second-order valence-corrected chi connectivity index (χ2v) is 6.20. The summed E-state index contributed by atoms with van der Waals surface area (Å²) in [6.45, 7) is 1.67. The molecule has 0 aliphatic carbocycles. The van der Waals surface area contributed by atoms with Crippen LogP contribution in [0.2, 0.25) is 0 Å². The highest BCUT2D eigenvalue weighted by Crippen LogP contribution is 2.23. The number of primary amides is 1. The number of carbonyl (C=O) groups is 3. The Morgan fingerprint density at radius 1 is 1.36 bits per heavy atom. The maximum atomic E-state index is 12.0. The molecule has 116 valence electrons. The van der Waals surface area contributed by atoms with Gasteiger partial charge in [0.1, 0.15) is 0 Å². The van der Waals surface area contributed by atoms with Gasteiger partial charge in [-0.3, -0.25) is 14.4 Å². The number of anilines is 1. The van der Waals surface area contributed by atoms with E-state index in [2.05, 4.69) is 5.10 Å². The van der Waals surface area contributed by atoms with Crippen molar-refractivity contribution < 1.29 is 22.8 Å². The number of rotatable bonds is 3. The zero-order valence-corrected chi connectivity index (χ0v) is 12.3. The predicted octanol–water partition coefficient (Wildman–Crippen LogP) is -0.911. The van der Waals surface area contributed by atoms with Gasteiger partial charge in [-0.2, -0.15) is 5.10 Å². The molecule has 0 saturated carbocycles. The van der Waals surface area contributed by atoms with E-state index < -0.39 is 21.8 Å². The first kappa shape index (κ1) is 15.6. The van der Waals surface area contributed by atoms with Crippen LogP contribution in [0.15, 0.2) is 34.3 Å². The molecule has 2 rings (SSSR count). The number of hydrogen-bond acceptors (Lipinski definition) is 6. The van der Waals surface area contributed by atoms with Gasteiger partial charge in [0.05, 0.1) is 17.0 Å². The van der Waals surface area contributed by atoms with E-state index in [0.29, 0.717) is 5.71 Å². The monoisotopic (exact) mass is 324 g/mol. The Labute approximate surface area is 125 Å². The van der Waals surface area contributed by atoms with Crippen LogP contribution in [-0.4, -0.2) is 31.9 Å². The topological polar surface area (TPSA) is 139 Å². The van der Waals surface area contributed by atoms with Crippen molar-refractivity contribution in [3.05, 3.63) is 24.3 Å². The first-order chi connectivity index (χ1) is 10.2. The fourth-order valence-corrected chi connectivity index (χ4v) is 2.77. The lowest BCUT2D eigenvalue weighted by molar-refractivity contribution is -0.136. The van der Waals surface area contributed by atoms with E-state index in [1.54, 1.807) is 6.92 Å². The summed E-state index contributed by atoms with van der Waals surface area (Å²) in [5, 5.41) is 5.07. The van der Waals surface area contributed by atoms with Crippen LogP contribution in [-0.2, 0) is 24.4 Å². The fourth-order valence-electron chi connectivity index (χ4n) is 1.77. The summed E-state index contributed by atoms with van der Waals surface area (Å²) in [6, 6.07) is 5.25. The van der Waals surface area contributed by atoms with Gasteiger partial charge in [0.25, 0.3) is 15.9 Å². The van der Waals surface area contributed by atoms with Gasteiger partial charge < -0.3 is 5.73 Å². The number of nitrogens with one attached hydrogen (secondary N) is 1. The lowest BCUT2D eigenvalue weighted by Crippen LogP contribution is -2.39. The van der Waals surface area contributed by atoms with Crippen LogP contribution < -0.4 is 15.5 Å². The standard InChI is InChI=1S/C12H12N4O5S/c1-7-5-10(17)16(14-7)8-3-2-4-9(6-8)22(20,21)15-12(19)11(13)18/h2-4,6H,5H2,1H3,(H2,13,18)(H,15,19). The first-order valence-corrected chi connectivity index (χ1v) is 7.53. The summed E-state index contributed by atoms with van der Waals surface area (Å²) >= 11 is 0. The number of hydrazone groups is 1. The van der Waals surface area contributed by atoms with Crippen molar-refractivity contribution in [2.45, 2.75) is 18.2 Å². The van der Waals surface area contributed by atoms with E-state index >= 15 is 0 Å². The number of benzene rings is 1. The van der Waals surface area contributed by atoms with Crippen molar-refractivity contribution in [2.75, 3.05) is 5.01 Å². The number of amides is 3. The van der Waals surface area contributed by atoms with Crippen molar-refractivity contribution >= 4 is 39.1 Å². The Morgan fingerprint density at radius 2 is 2.05 bits per heavy atom. The highest BCUT2D eigenvalue weighted by atomic mass is 32.2. The molecule has 3 N–H and O–H groups in total. The van der Waals surface area contributed by atoms with Gasteiger partial charge in [-0.05, 0) is 25.1 Å². The minimum Gasteiger partial charge on any atom is -0.361 e. The third-order valence-corrected chi connectivity index (χ3v) is 4.07. The molecule has 1 aromatic carbocycles. The molecular formula is C12H12N4O5S. The van der Waals surface area contributed by atoms with E-state index in [1.165, 1.54) is 22.9 Å². The Morgan fingerprint density at radius 3 is 2.59 bits per heavy atom. The zero-order chi connectivity index (χ0) is 16.5. The third-order valence-electron chi connectivity index (χ3n) is 2.74. The predicted molar refractivity (Wildman–Crippen MR) is 76.2 cm³/mol. The summed E-state index contributed by atoms with van der Waals surface area (Å²) in [6.07, 6.45) is 0.148. The van der Waals surface area contributed by atoms with E-state index in [4.69, 9.17) is 5.73 Å². The number of sulfonamides is 1. The van der Waals surface area contributed by atoms with Crippen LogP contribution in [0.3, 0.4) is 0 Å². The molecule has 10 heteroatoms. The van der Waals surface area contributed by atoms with Gasteiger partial charge in [0, 0.05) is 5.71 Å². The minimum atomic E-state index is -4.27. The van der Waals surface area contributed by atoms with Crippen molar-refractivity contribution in [3.8, 4) is 0 Å². The van der Waals surface area contributed by atoms with Gasteiger partial charge in [-0.15, -0.1) is 0 Å². The van der Waals surface area contributed by atoms with Crippen molar-refractivity contribution in [1.29, 1.82) is 0 Å². The molecule has 0 bridgehead atoms. The zero-order valence-electron chi connectivity index (χ0n) is 11.4. The van der Waals surface area contributed by atoms with E-state index in [1.807, 2.05) is 0 Å². The average Bonchev–Trinajstić information content (AvgIpc) is 2.77. The van der Waals surface area contributed by atoms with Crippen LogP contribution in [0.4, 0.5) is 5.69 Å².